The van der Waals surface area contributed by atoms with Crippen LogP contribution in [0.25, 0.3) is 0 Å². The molecule has 0 atom stereocenters. The first-order valence-electron chi connectivity index (χ1n) is 8.67. The Hall–Kier alpha value is -2.35. The number of sulfonamides is 1. The SMILES string of the molecule is O=C(Cc1cccs1)Nc1ccc2c(c1)N(S(=O)(=O)c1ccc(Cl)cc1)CC2. The smallest absolute Gasteiger partial charge is 0.264 e. The van der Waals surface area contributed by atoms with Crippen LogP contribution in [-0.2, 0) is 27.7 Å². The van der Waals surface area contributed by atoms with E-state index in [1.807, 2.05) is 29.6 Å². The number of halogens is 1. The van der Waals surface area contributed by atoms with E-state index in [0.29, 0.717) is 35.8 Å². The Labute approximate surface area is 172 Å². The Morgan fingerprint density at radius 1 is 1.14 bits per heavy atom. The molecule has 8 heteroatoms. The van der Waals surface area contributed by atoms with Crippen molar-refractivity contribution in [3.63, 3.8) is 0 Å². The van der Waals surface area contributed by atoms with Gasteiger partial charge in [-0.25, -0.2) is 8.42 Å². The highest BCUT2D eigenvalue weighted by Crippen LogP contribution is 2.35. The molecule has 0 saturated carbocycles. The van der Waals surface area contributed by atoms with E-state index in [0.717, 1.165) is 10.4 Å². The van der Waals surface area contributed by atoms with E-state index >= 15 is 0 Å². The third-order valence-electron chi connectivity index (χ3n) is 4.54. The van der Waals surface area contributed by atoms with Crippen molar-refractivity contribution in [1.29, 1.82) is 0 Å². The van der Waals surface area contributed by atoms with Gasteiger partial charge in [-0.2, -0.15) is 0 Å². The highest BCUT2D eigenvalue weighted by atomic mass is 35.5. The summed E-state index contributed by atoms with van der Waals surface area (Å²) in [6.07, 6.45) is 0.924. The number of nitrogens with zero attached hydrogens (tertiary/aromatic N) is 1. The minimum absolute atomic E-state index is 0.132. The molecule has 0 unspecified atom stereocenters. The third-order valence-corrected chi connectivity index (χ3v) is 7.49. The summed E-state index contributed by atoms with van der Waals surface area (Å²) in [6, 6.07) is 15.3. The van der Waals surface area contributed by atoms with Crippen molar-refractivity contribution in [1.82, 2.24) is 0 Å². The Morgan fingerprint density at radius 2 is 1.93 bits per heavy atom. The molecule has 1 amide bonds. The number of amides is 1. The number of nitrogens with one attached hydrogen (secondary N) is 1. The zero-order valence-corrected chi connectivity index (χ0v) is 17.2. The van der Waals surface area contributed by atoms with Crippen LogP contribution in [0.15, 0.2) is 64.9 Å². The Kier molecular flexibility index (Phi) is 5.14. The molecule has 0 spiro atoms. The molecule has 0 radical (unpaired) electrons. The van der Waals surface area contributed by atoms with E-state index < -0.39 is 10.0 Å². The molecule has 144 valence electrons. The van der Waals surface area contributed by atoms with Crippen molar-refractivity contribution in [2.75, 3.05) is 16.2 Å². The molecule has 0 fully saturated rings. The van der Waals surface area contributed by atoms with Gasteiger partial charge in [0.2, 0.25) is 5.91 Å². The first kappa shape index (κ1) is 19.0. The van der Waals surface area contributed by atoms with Crippen molar-refractivity contribution >= 4 is 50.2 Å². The summed E-state index contributed by atoms with van der Waals surface area (Å²) in [5.41, 5.74) is 2.12. The molecule has 28 heavy (non-hydrogen) atoms. The zero-order valence-electron chi connectivity index (χ0n) is 14.8. The van der Waals surface area contributed by atoms with Gasteiger partial charge in [0.15, 0.2) is 0 Å². The van der Waals surface area contributed by atoms with Gasteiger partial charge in [-0.1, -0.05) is 23.7 Å². The van der Waals surface area contributed by atoms with Crippen LogP contribution in [0, 0.1) is 0 Å². The molecule has 3 aromatic rings. The van der Waals surface area contributed by atoms with Gasteiger partial charge < -0.3 is 5.32 Å². The van der Waals surface area contributed by atoms with Gasteiger partial charge in [-0.15, -0.1) is 11.3 Å². The lowest BCUT2D eigenvalue weighted by atomic mass is 10.1. The number of benzene rings is 2. The number of carbonyl (C=O) groups excluding carboxylic acids is 1. The number of hydrogen-bond acceptors (Lipinski definition) is 4. The van der Waals surface area contributed by atoms with Crippen molar-refractivity contribution in [3.05, 3.63) is 75.4 Å². The van der Waals surface area contributed by atoms with Gasteiger partial charge in [0.1, 0.15) is 0 Å². The van der Waals surface area contributed by atoms with Crippen LogP contribution in [-0.4, -0.2) is 20.9 Å². The number of thiophene rings is 1. The Bertz CT molecular complexity index is 1110. The molecule has 1 aliphatic rings. The van der Waals surface area contributed by atoms with Crippen LogP contribution in [0.1, 0.15) is 10.4 Å². The van der Waals surface area contributed by atoms with Crippen LogP contribution >= 0.6 is 22.9 Å². The highest BCUT2D eigenvalue weighted by molar-refractivity contribution is 7.92. The average Bonchev–Trinajstić information content (AvgIpc) is 3.31. The maximum atomic E-state index is 13.1. The van der Waals surface area contributed by atoms with Crippen molar-refractivity contribution in [2.45, 2.75) is 17.7 Å². The first-order chi connectivity index (χ1) is 13.4. The summed E-state index contributed by atoms with van der Waals surface area (Å²) in [5.74, 6) is -0.132. The van der Waals surface area contributed by atoms with Gasteiger partial charge >= 0.3 is 0 Å². The number of anilines is 2. The molecular weight excluding hydrogens is 416 g/mol. The quantitative estimate of drug-likeness (QED) is 0.652. The molecule has 1 aromatic heterocycles. The fraction of sp³-hybridized carbons (Fsp3) is 0.150. The molecule has 2 aromatic carbocycles. The third kappa shape index (κ3) is 3.78. The standard InChI is InChI=1S/C20H17ClN2O3S2/c21-15-4-7-18(8-5-15)28(25,26)23-10-9-14-3-6-16(12-19(14)23)22-20(24)13-17-2-1-11-27-17/h1-8,11-12H,9-10,13H2,(H,22,24). The van der Waals surface area contributed by atoms with Gasteiger partial charge in [0, 0.05) is 22.1 Å². The van der Waals surface area contributed by atoms with Crippen LogP contribution < -0.4 is 9.62 Å². The minimum Gasteiger partial charge on any atom is -0.326 e. The van der Waals surface area contributed by atoms with Crippen molar-refractivity contribution in [3.8, 4) is 0 Å². The second-order valence-corrected chi connectivity index (χ2v) is 9.76. The number of carbonyl (C=O) groups is 1. The maximum absolute atomic E-state index is 13.1. The second-order valence-electron chi connectivity index (χ2n) is 6.43. The Balaban J connectivity index is 1.58. The topological polar surface area (TPSA) is 66.5 Å². The fourth-order valence-corrected chi connectivity index (χ4v) is 5.51. The molecule has 4 rings (SSSR count). The average molecular weight is 433 g/mol. The van der Waals surface area contributed by atoms with Crippen molar-refractivity contribution < 1.29 is 13.2 Å². The summed E-state index contributed by atoms with van der Waals surface area (Å²) in [6.45, 7) is 0.368. The number of fused-ring (bicyclic) bond motifs is 1. The molecule has 0 bridgehead atoms. The molecule has 1 N–H and O–H groups in total. The molecular formula is C20H17ClN2O3S2. The Morgan fingerprint density at radius 3 is 2.64 bits per heavy atom. The number of rotatable bonds is 5. The predicted molar refractivity (Wildman–Crippen MR) is 113 cm³/mol. The second kappa shape index (κ2) is 7.58. The molecule has 1 aliphatic heterocycles. The molecule has 0 aliphatic carbocycles. The minimum atomic E-state index is -3.69. The number of hydrogen-bond donors (Lipinski definition) is 1. The summed E-state index contributed by atoms with van der Waals surface area (Å²) in [7, 11) is -3.69. The van der Waals surface area contributed by atoms with E-state index in [-0.39, 0.29) is 10.8 Å². The molecule has 5 nitrogen and oxygen atoms in total. The van der Waals surface area contributed by atoms with Crippen LogP contribution in [0.4, 0.5) is 11.4 Å². The lowest BCUT2D eigenvalue weighted by Crippen LogP contribution is -2.29. The van der Waals surface area contributed by atoms with Gasteiger partial charge in [-0.05, 0) is 59.8 Å². The van der Waals surface area contributed by atoms with Crippen LogP contribution in [0.5, 0.6) is 0 Å². The normalized spacial score (nSPS) is 13.4. The van der Waals surface area contributed by atoms with Crippen LogP contribution in [0.2, 0.25) is 5.02 Å². The van der Waals surface area contributed by atoms with E-state index in [1.54, 1.807) is 18.2 Å². The van der Waals surface area contributed by atoms with Gasteiger partial charge in [-0.3, -0.25) is 9.10 Å². The van der Waals surface area contributed by atoms with Crippen LogP contribution in [0.3, 0.4) is 0 Å². The van der Waals surface area contributed by atoms with Crippen molar-refractivity contribution in [2.24, 2.45) is 0 Å². The van der Waals surface area contributed by atoms with E-state index in [1.165, 1.54) is 27.8 Å². The maximum Gasteiger partial charge on any atom is 0.264 e. The van der Waals surface area contributed by atoms with E-state index in [2.05, 4.69) is 5.32 Å². The zero-order chi connectivity index (χ0) is 19.7. The van der Waals surface area contributed by atoms with Gasteiger partial charge in [0.05, 0.1) is 17.0 Å². The summed E-state index contributed by atoms with van der Waals surface area (Å²) < 4.78 is 27.5. The highest BCUT2D eigenvalue weighted by Gasteiger charge is 2.31. The lowest BCUT2D eigenvalue weighted by Gasteiger charge is -2.20. The van der Waals surface area contributed by atoms with E-state index in [9.17, 15) is 13.2 Å². The van der Waals surface area contributed by atoms with Gasteiger partial charge in [0.25, 0.3) is 10.0 Å². The summed E-state index contributed by atoms with van der Waals surface area (Å²) in [4.78, 5) is 13.4. The molecule has 0 saturated heterocycles. The lowest BCUT2D eigenvalue weighted by molar-refractivity contribution is -0.115. The monoisotopic (exact) mass is 432 g/mol. The summed E-state index contributed by atoms with van der Waals surface area (Å²) >= 11 is 7.40. The molecule has 2 heterocycles. The summed E-state index contributed by atoms with van der Waals surface area (Å²) in [5, 5.41) is 5.27. The van der Waals surface area contributed by atoms with E-state index in [4.69, 9.17) is 11.6 Å². The largest absolute Gasteiger partial charge is 0.326 e. The fourth-order valence-electron chi connectivity index (χ4n) is 3.19. The first-order valence-corrected chi connectivity index (χ1v) is 11.4. The predicted octanol–water partition coefficient (Wildman–Crippen LogP) is 4.33.